The number of nitrogens with zero attached hydrogens (tertiary/aromatic N) is 3. The number of aryl methyl sites for hydroxylation is 1. The molecular formula is C44H44F4N8O6. The van der Waals surface area contributed by atoms with E-state index in [0.717, 1.165) is 37.3 Å². The Labute approximate surface area is 353 Å². The maximum Gasteiger partial charge on any atom is 0.387 e. The molecular weight excluding hydrogens is 813 g/mol. The molecule has 0 spiro atoms. The lowest BCUT2D eigenvalue weighted by Gasteiger charge is -2.24. The second-order valence-electron chi connectivity index (χ2n) is 14.0. The van der Waals surface area contributed by atoms with E-state index in [9.17, 15) is 27.2 Å². The number of carbonyl (C=O) groups is 2. The molecule has 0 unspecified atom stereocenters. The Hall–Kier alpha value is -6.60. The van der Waals surface area contributed by atoms with Gasteiger partial charge in [-0.15, -0.1) is 0 Å². The second-order valence-corrected chi connectivity index (χ2v) is 14.0. The Kier molecular flexibility index (Phi) is 14.6. The molecule has 2 aliphatic rings. The highest BCUT2D eigenvalue weighted by molar-refractivity contribution is 6.04. The first-order valence-electron chi connectivity index (χ1n) is 19.8. The number of amides is 2. The first kappa shape index (κ1) is 43.5. The number of aromatic nitrogens is 4. The molecule has 4 aromatic carbocycles. The molecule has 2 fully saturated rings. The van der Waals surface area contributed by atoms with Crippen LogP contribution in [0.5, 0.6) is 11.5 Å². The summed E-state index contributed by atoms with van der Waals surface area (Å²) in [4.78, 5) is 25.4. The van der Waals surface area contributed by atoms with E-state index in [1.165, 1.54) is 24.3 Å². The van der Waals surface area contributed by atoms with Crippen LogP contribution in [0.4, 0.5) is 28.9 Å². The number of hydrogen-bond donors (Lipinski definition) is 5. The van der Waals surface area contributed by atoms with E-state index in [0.29, 0.717) is 59.3 Å². The molecule has 62 heavy (non-hydrogen) atoms. The number of anilines is 2. The van der Waals surface area contributed by atoms with Gasteiger partial charge < -0.3 is 40.2 Å². The highest BCUT2D eigenvalue weighted by Crippen LogP contribution is 2.28. The van der Waals surface area contributed by atoms with E-state index in [1.807, 2.05) is 55.5 Å². The van der Waals surface area contributed by atoms with E-state index in [1.54, 1.807) is 41.1 Å². The number of carbonyl (C=O) groups excluding carboxylic acids is 2. The van der Waals surface area contributed by atoms with Gasteiger partial charge in [0.2, 0.25) is 0 Å². The molecule has 0 aliphatic carbocycles. The zero-order chi connectivity index (χ0) is 43.4. The van der Waals surface area contributed by atoms with E-state index >= 15 is 0 Å². The summed E-state index contributed by atoms with van der Waals surface area (Å²) in [6.07, 6.45) is 0.00544. The van der Waals surface area contributed by atoms with Gasteiger partial charge in [-0.2, -0.15) is 27.8 Å². The van der Waals surface area contributed by atoms with Crippen LogP contribution in [0.3, 0.4) is 0 Å². The fraction of sp³-hybridized carbons (Fsp3) is 0.273. The molecule has 6 aromatic rings. The van der Waals surface area contributed by atoms with Crippen molar-refractivity contribution >= 4 is 23.2 Å². The Balaban J connectivity index is 0.000000187. The van der Waals surface area contributed by atoms with Gasteiger partial charge >= 0.3 is 13.2 Å². The van der Waals surface area contributed by atoms with Crippen LogP contribution in [0.2, 0.25) is 0 Å². The van der Waals surface area contributed by atoms with Crippen molar-refractivity contribution in [1.29, 1.82) is 0 Å². The Morgan fingerprint density at radius 3 is 1.71 bits per heavy atom. The third kappa shape index (κ3) is 11.6. The SMILES string of the molecule is CCn1nc(-c2cccc(OC(F)F)c2)cc1C(=O)Nc1ccc([C@H]2CNCCO2)cc1.O=C(Nc1ccc([C@H]2CNCCO2)cc1)c1cc(-c2cccc(OC(F)F)c2)n[nH]1. The number of rotatable bonds is 13. The molecule has 14 nitrogen and oxygen atoms in total. The van der Waals surface area contributed by atoms with Gasteiger partial charge in [0, 0.05) is 55.2 Å². The summed E-state index contributed by atoms with van der Waals surface area (Å²) < 4.78 is 71.7. The predicted molar refractivity (Wildman–Crippen MR) is 223 cm³/mol. The smallest absolute Gasteiger partial charge is 0.387 e. The fourth-order valence-electron chi connectivity index (χ4n) is 6.75. The van der Waals surface area contributed by atoms with Crippen molar-refractivity contribution in [3.05, 3.63) is 132 Å². The minimum absolute atomic E-state index is 0.00222. The number of hydrogen-bond acceptors (Lipinski definition) is 10. The van der Waals surface area contributed by atoms with Crippen molar-refractivity contribution in [2.75, 3.05) is 50.0 Å². The lowest BCUT2D eigenvalue weighted by molar-refractivity contribution is -0.0505. The molecule has 2 aliphatic heterocycles. The monoisotopic (exact) mass is 856 g/mol. The van der Waals surface area contributed by atoms with E-state index in [2.05, 4.69) is 46.0 Å². The molecule has 8 rings (SSSR count). The maximum atomic E-state index is 12.9. The van der Waals surface area contributed by atoms with Crippen LogP contribution in [-0.2, 0) is 16.0 Å². The molecule has 0 saturated carbocycles. The van der Waals surface area contributed by atoms with Gasteiger partial charge in [-0.1, -0.05) is 48.5 Å². The molecule has 2 amide bonds. The van der Waals surface area contributed by atoms with Crippen molar-refractivity contribution in [2.24, 2.45) is 0 Å². The number of alkyl halides is 4. The number of ether oxygens (including phenoxy) is 4. The van der Waals surface area contributed by atoms with E-state index < -0.39 is 13.2 Å². The van der Waals surface area contributed by atoms with Gasteiger partial charge in [-0.3, -0.25) is 19.4 Å². The van der Waals surface area contributed by atoms with Gasteiger partial charge in [0.25, 0.3) is 11.8 Å². The summed E-state index contributed by atoms with van der Waals surface area (Å²) in [6, 6.07) is 30.6. The first-order valence-corrected chi connectivity index (χ1v) is 19.8. The van der Waals surface area contributed by atoms with E-state index in [4.69, 9.17) is 9.47 Å². The molecule has 5 N–H and O–H groups in total. The van der Waals surface area contributed by atoms with Crippen molar-refractivity contribution in [3.63, 3.8) is 0 Å². The Bertz CT molecular complexity index is 2400. The standard InChI is InChI=1S/C23H24F2N4O3.C21H20F2N4O3/c1-2-29-20(13-19(28-29)16-4-3-5-18(12-16)32-23(24)25)22(30)27-17-8-6-15(7-9-17)21-14-26-10-11-31-21;22-21(23)30-16-3-1-2-14(10-16)17-11-18(27-26-17)20(28)25-15-6-4-13(5-7-15)19-12-24-8-9-29-19/h3-9,12-13,21,23,26H,2,10-11,14H2,1H3,(H,27,30);1-7,10-11,19,21,24H,8-9,12H2,(H,25,28)(H,26,27)/t21-;19-/m11/s1. The fourth-order valence-corrected chi connectivity index (χ4v) is 6.75. The molecule has 2 atom stereocenters. The molecule has 4 heterocycles. The zero-order valence-electron chi connectivity index (χ0n) is 33.5. The molecule has 2 saturated heterocycles. The van der Waals surface area contributed by atoms with Crippen LogP contribution in [0, 0.1) is 0 Å². The quantitative estimate of drug-likeness (QED) is 0.0728. The summed E-state index contributed by atoms with van der Waals surface area (Å²) in [5.74, 6) is -0.619. The Morgan fingerprint density at radius 2 is 1.23 bits per heavy atom. The molecule has 0 bridgehead atoms. The summed E-state index contributed by atoms with van der Waals surface area (Å²) in [5.41, 5.74) is 6.05. The summed E-state index contributed by atoms with van der Waals surface area (Å²) >= 11 is 0. The lowest BCUT2D eigenvalue weighted by atomic mass is 10.1. The van der Waals surface area contributed by atoms with Crippen LogP contribution in [0.25, 0.3) is 22.5 Å². The van der Waals surface area contributed by atoms with Gasteiger partial charge in [0.15, 0.2) is 0 Å². The van der Waals surface area contributed by atoms with Gasteiger partial charge in [-0.05, 0) is 78.7 Å². The lowest BCUT2D eigenvalue weighted by Crippen LogP contribution is -2.33. The summed E-state index contributed by atoms with van der Waals surface area (Å²) in [5, 5.41) is 23.5. The third-order valence-corrected chi connectivity index (χ3v) is 9.78. The number of halogens is 4. The second kappa shape index (κ2) is 20.8. The van der Waals surface area contributed by atoms with Crippen molar-refractivity contribution in [1.82, 2.24) is 30.6 Å². The van der Waals surface area contributed by atoms with Crippen LogP contribution in [-0.4, -0.2) is 84.4 Å². The average Bonchev–Trinajstić information content (AvgIpc) is 3.97. The topological polar surface area (TPSA) is 166 Å². The predicted octanol–water partition coefficient (Wildman–Crippen LogP) is 7.68. The number of H-pyrrole nitrogens is 1. The maximum absolute atomic E-state index is 12.9. The number of benzene rings is 4. The largest absolute Gasteiger partial charge is 0.435 e. The minimum atomic E-state index is -2.91. The molecule has 18 heteroatoms. The summed E-state index contributed by atoms with van der Waals surface area (Å²) in [7, 11) is 0. The van der Waals surface area contributed by atoms with Crippen LogP contribution >= 0.6 is 0 Å². The minimum Gasteiger partial charge on any atom is -0.435 e. The Morgan fingerprint density at radius 1 is 0.710 bits per heavy atom. The number of morpholine rings is 2. The zero-order valence-corrected chi connectivity index (χ0v) is 33.5. The van der Waals surface area contributed by atoms with Crippen molar-refractivity contribution < 1.29 is 46.1 Å². The van der Waals surface area contributed by atoms with Crippen LogP contribution in [0.15, 0.2) is 109 Å². The van der Waals surface area contributed by atoms with Crippen LogP contribution in [0.1, 0.15) is 51.2 Å². The number of aromatic amines is 1. The molecule has 324 valence electrons. The van der Waals surface area contributed by atoms with Gasteiger partial charge in [-0.25, -0.2) is 0 Å². The number of nitrogens with one attached hydrogen (secondary N) is 5. The van der Waals surface area contributed by atoms with Crippen molar-refractivity contribution in [3.8, 4) is 34.0 Å². The van der Waals surface area contributed by atoms with Gasteiger partial charge in [0.1, 0.15) is 22.9 Å². The third-order valence-electron chi connectivity index (χ3n) is 9.78. The van der Waals surface area contributed by atoms with Crippen molar-refractivity contribution in [2.45, 2.75) is 38.9 Å². The summed E-state index contributed by atoms with van der Waals surface area (Å²) in [6.45, 7) is 1.08. The normalized spacial score (nSPS) is 16.3. The average molecular weight is 857 g/mol. The van der Waals surface area contributed by atoms with Gasteiger partial charge in [0.05, 0.1) is 36.8 Å². The highest BCUT2D eigenvalue weighted by atomic mass is 19.3. The molecule has 2 aromatic heterocycles. The molecule has 0 radical (unpaired) electrons. The highest BCUT2D eigenvalue weighted by Gasteiger charge is 2.20. The first-order chi connectivity index (χ1) is 30.1. The van der Waals surface area contributed by atoms with Crippen LogP contribution < -0.4 is 30.7 Å². The van der Waals surface area contributed by atoms with E-state index in [-0.39, 0.29) is 41.2 Å².